The molecule has 0 radical (unpaired) electrons. The highest BCUT2D eigenvalue weighted by atomic mass is 16.2. The molecule has 0 N–H and O–H groups in total. The second kappa shape index (κ2) is 7.16. The van der Waals surface area contributed by atoms with Crippen LogP contribution >= 0.6 is 0 Å². The first kappa shape index (κ1) is 13.9. The first-order valence-electron chi connectivity index (χ1n) is 8.03. The molecule has 0 spiro atoms. The maximum atomic E-state index is 12.2. The number of carbonyl (C=O) groups excluding carboxylic acids is 1. The molecule has 0 unspecified atom stereocenters. The molecule has 0 aromatic rings. The molecule has 1 amide bonds. The second-order valence-electron chi connectivity index (χ2n) is 6.34. The molecule has 0 aliphatic heterocycles. The second-order valence-corrected chi connectivity index (χ2v) is 6.34. The maximum Gasteiger partial charge on any atom is 0.222 e. The highest BCUT2D eigenvalue weighted by Crippen LogP contribution is 2.29. The Morgan fingerprint density at radius 2 is 1.50 bits per heavy atom. The van der Waals surface area contributed by atoms with Gasteiger partial charge < -0.3 is 4.90 Å². The quantitative estimate of drug-likeness (QED) is 0.688. The molecule has 2 aliphatic rings. The Kier molecular flexibility index (Phi) is 5.52. The predicted molar refractivity (Wildman–Crippen MR) is 75.5 cm³/mol. The number of hydrogen-bond donors (Lipinski definition) is 0. The van der Waals surface area contributed by atoms with Crippen LogP contribution in [-0.2, 0) is 4.79 Å². The van der Waals surface area contributed by atoms with Crippen molar-refractivity contribution in [1.29, 1.82) is 0 Å². The van der Waals surface area contributed by atoms with E-state index < -0.39 is 0 Å². The summed E-state index contributed by atoms with van der Waals surface area (Å²) < 4.78 is 0. The van der Waals surface area contributed by atoms with Crippen LogP contribution in [0.2, 0.25) is 0 Å². The minimum Gasteiger partial charge on any atom is -0.343 e. The van der Waals surface area contributed by atoms with E-state index in [1.165, 1.54) is 64.2 Å². The summed E-state index contributed by atoms with van der Waals surface area (Å²) in [5.41, 5.74) is 0. The fourth-order valence-electron chi connectivity index (χ4n) is 3.65. The van der Waals surface area contributed by atoms with Gasteiger partial charge in [0, 0.05) is 19.5 Å². The first-order chi connectivity index (χ1) is 8.77. The molecule has 2 aliphatic carbocycles. The smallest absolute Gasteiger partial charge is 0.222 e. The SMILES string of the molecule is CN(C(=O)CCC1CCCC1)C1CCCCCC1. The van der Waals surface area contributed by atoms with Gasteiger partial charge in [-0.15, -0.1) is 0 Å². The highest BCUT2D eigenvalue weighted by molar-refractivity contribution is 5.76. The zero-order chi connectivity index (χ0) is 12.8. The summed E-state index contributed by atoms with van der Waals surface area (Å²) in [5, 5.41) is 0. The number of rotatable bonds is 4. The van der Waals surface area contributed by atoms with E-state index in [1.54, 1.807) is 0 Å². The number of nitrogens with zero attached hydrogens (tertiary/aromatic N) is 1. The van der Waals surface area contributed by atoms with Gasteiger partial charge in [-0.2, -0.15) is 0 Å². The fraction of sp³-hybridized carbons (Fsp3) is 0.938. The maximum absolute atomic E-state index is 12.2. The standard InChI is InChI=1S/C16H29NO/c1-17(15-10-4-2-3-5-11-15)16(18)13-12-14-8-6-7-9-14/h14-15H,2-13H2,1H3. The average Bonchev–Trinajstić information content (AvgIpc) is 2.75. The van der Waals surface area contributed by atoms with E-state index in [0.29, 0.717) is 11.9 Å². The van der Waals surface area contributed by atoms with Gasteiger partial charge in [-0.05, 0) is 25.2 Å². The zero-order valence-corrected chi connectivity index (χ0v) is 12.0. The van der Waals surface area contributed by atoms with Gasteiger partial charge in [0.2, 0.25) is 5.91 Å². The minimum atomic E-state index is 0.397. The van der Waals surface area contributed by atoms with Crippen molar-refractivity contribution in [2.24, 2.45) is 5.92 Å². The van der Waals surface area contributed by atoms with Gasteiger partial charge >= 0.3 is 0 Å². The summed E-state index contributed by atoms with van der Waals surface area (Å²) in [4.78, 5) is 14.3. The lowest BCUT2D eigenvalue weighted by Gasteiger charge is -2.27. The number of carbonyl (C=O) groups is 1. The molecule has 0 atom stereocenters. The summed E-state index contributed by atoms with van der Waals surface area (Å²) >= 11 is 0. The van der Waals surface area contributed by atoms with Crippen molar-refractivity contribution in [3.8, 4) is 0 Å². The van der Waals surface area contributed by atoms with Gasteiger partial charge in [0.1, 0.15) is 0 Å². The van der Waals surface area contributed by atoms with Crippen LogP contribution in [0.25, 0.3) is 0 Å². The lowest BCUT2D eigenvalue weighted by molar-refractivity contribution is -0.132. The largest absolute Gasteiger partial charge is 0.343 e. The topological polar surface area (TPSA) is 20.3 Å². The molecule has 2 nitrogen and oxygen atoms in total. The molecule has 0 aromatic carbocycles. The van der Waals surface area contributed by atoms with Crippen molar-refractivity contribution in [2.75, 3.05) is 7.05 Å². The van der Waals surface area contributed by atoms with Gasteiger partial charge in [-0.3, -0.25) is 4.79 Å². The van der Waals surface area contributed by atoms with E-state index in [4.69, 9.17) is 0 Å². The van der Waals surface area contributed by atoms with Crippen molar-refractivity contribution >= 4 is 5.91 Å². The van der Waals surface area contributed by atoms with E-state index in [1.807, 2.05) is 7.05 Å². The van der Waals surface area contributed by atoms with E-state index in [2.05, 4.69) is 4.90 Å². The monoisotopic (exact) mass is 251 g/mol. The van der Waals surface area contributed by atoms with E-state index in [0.717, 1.165) is 18.8 Å². The minimum absolute atomic E-state index is 0.397. The van der Waals surface area contributed by atoms with Gasteiger partial charge in [-0.25, -0.2) is 0 Å². The van der Waals surface area contributed by atoms with Crippen LogP contribution in [0.15, 0.2) is 0 Å². The highest BCUT2D eigenvalue weighted by Gasteiger charge is 2.22. The third-order valence-electron chi connectivity index (χ3n) is 5.01. The predicted octanol–water partition coefficient (Wildman–Crippen LogP) is 4.14. The third kappa shape index (κ3) is 4.00. The van der Waals surface area contributed by atoms with E-state index >= 15 is 0 Å². The van der Waals surface area contributed by atoms with E-state index in [9.17, 15) is 4.79 Å². The van der Waals surface area contributed by atoms with Gasteiger partial charge in [0.15, 0.2) is 0 Å². The number of hydrogen-bond acceptors (Lipinski definition) is 1. The zero-order valence-electron chi connectivity index (χ0n) is 12.0. The Bertz CT molecular complexity index is 250. The van der Waals surface area contributed by atoms with Crippen LogP contribution < -0.4 is 0 Å². The summed E-state index contributed by atoms with van der Waals surface area (Å²) in [7, 11) is 2.03. The van der Waals surface area contributed by atoms with Crippen LogP contribution in [0.4, 0.5) is 0 Å². The molecule has 2 fully saturated rings. The molecule has 18 heavy (non-hydrogen) atoms. The molecule has 2 saturated carbocycles. The molecular formula is C16H29NO. The molecule has 0 bridgehead atoms. The molecule has 2 heteroatoms. The van der Waals surface area contributed by atoms with Gasteiger partial charge in [0.25, 0.3) is 0 Å². The Morgan fingerprint density at radius 1 is 0.944 bits per heavy atom. The summed E-state index contributed by atoms with van der Waals surface area (Å²) in [6.45, 7) is 0. The Hall–Kier alpha value is -0.530. The van der Waals surface area contributed by atoms with Gasteiger partial charge in [-0.1, -0.05) is 51.4 Å². The van der Waals surface area contributed by atoms with Crippen LogP contribution in [0.3, 0.4) is 0 Å². The molecule has 0 aromatic heterocycles. The summed E-state index contributed by atoms with van der Waals surface area (Å²) in [5.74, 6) is 1.24. The lowest BCUT2D eigenvalue weighted by atomic mass is 10.0. The normalized spacial score (nSPS) is 22.9. The van der Waals surface area contributed by atoms with Crippen molar-refractivity contribution in [1.82, 2.24) is 4.90 Å². The van der Waals surface area contributed by atoms with Crippen molar-refractivity contribution in [3.63, 3.8) is 0 Å². The Balaban J connectivity index is 1.72. The molecule has 0 heterocycles. The van der Waals surface area contributed by atoms with Crippen molar-refractivity contribution < 1.29 is 4.79 Å². The van der Waals surface area contributed by atoms with Crippen LogP contribution in [0, 0.1) is 5.92 Å². The fourth-order valence-corrected chi connectivity index (χ4v) is 3.65. The molecule has 2 rings (SSSR count). The summed E-state index contributed by atoms with van der Waals surface area (Å²) in [6, 6.07) is 0.531. The molecule has 104 valence electrons. The van der Waals surface area contributed by atoms with E-state index in [-0.39, 0.29) is 0 Å². The van der Waals surface area contributed by atoms with Crippen molar-refractivity contribution in [2.45, 2.75) is 83.1 Å². The Morgan fingerprint density at radius 3 is 2.11 bits per heavy atom. The lowest BCUT2D eigenvalue weighted by Crippen LogP contribution is -2.36. The first-order valence-corrected chi connectivity index (χ1v) is 8.03. The summed E-state index contributed by atoms with van der Waals surface area (Å²) in [6.07, 6.45) is 15.2. The number of amides is 1. The average molecular weight is 251 g/mol. The van der Waals surface area contributed by atoms with Crippen LogP contribution in [0.1, 0.15) is 77.0 Å². The molecule has 0 saturated heterocycles. The van der Waals surface area contributed by atoms with Crippen LogP contribution in [-0.4, -0.2) is 23.9 Å². The van der Waals surface area contributed by atoms with Gasteiger partial charge in [0.05, 0.1) is 0 Å². The third-order valence-corrected chi connectivity index (χ3v) is 5.01. The Labute approximate surface area is 112 Å². The van der Waals surface area contributed by atoms with Crippen molar-refractivity contribution in [3.05, 3.63) is 0 Å². The molecular weight excluding hydrogens is 222 g/mol. The van der Waals surface area contributed by atoms with Crippen LogP contribution in [0.5, 0.6) is 0 Å².